The molecule has 2 aromatic rings. The van der Waals surface area contributed by atoms with E-state index in [9.17, 15) is 36.0 Å². The van der Waals surface area contributed by atoms with E-state index in [4.69, 9.17) is 0 Å². The first-order valence-electron chi connectivity index (χ1n) is 9.37. The summed E-state index contributed by atoms with van der Waals surface area (Å²) < 4.78 is 67.4. The van der Waals surface area contributed by atoms with Crippen LogP contribution >= 0.6 is 0 Å². The zero-order valence-electron chi connectivity index (χ0n) is 16.7. The van der Waals surface area contributed by atoms with Crippen molar-refractivity contribution in [1.82, 2.24) is 14.3 Å². The Morgan fingerprint density at radius 3 is 2.44 bits per heavy atom. The fraction of sp³-hybridized carbons (Fsp3) is 0.389. The molecule has 1 atom stereocenters. The van der Waals surface area contributed by atoms with E-state index >= 15 is 0 Å². The van der Waals surface area contributed by atoms with Gasteiger partial charge in [0, 0.05) is 24.5 Å². The maximum atomic E-state index is 13.0. The number of anilines is 1. The highest BCUT2D eigenvalue weighted by atomic mass is 32.2. The largest absolute Gasteiger partial charge is 0.573 e. The Labute approximate surface area is 179 Å². The summed E-state index contributed by atoms with van der Waals surface area (Å²) in [5.74, 6) is -1.74. The molecule has 174 valence electrons. The van der Waals surface area contributed by atoms with E-state index in [1.165, 1.54) is 19.1 Å². The molecule has 0 spiro atoms. The maximum Gasteiger partial charge on any atom is 0.573 e. The monoisotopic (exact) mass is 476 g/mol. The Balaban J connectivity index is 1.72. The summed E-state index contributed by atoms with van der Waals surface area (Å²) in [5, 5.41) is 2.53. The number of nitrogens with zero attached hydrogens (tertiary/aromatic N) is 1. The van der Waals surface area contributed by atoms with Crippen LogP contribution in [0.25, 0.3) is 0 Å². The second-order valence-corrected chi connectivity index (χ2v) is 9.00. The molecule has 1 aromatic heterocycles. The Kier molecular flexibility index (Phi) is 6.46. The first kappa shape index (κ1) is 23.5. The number of carbonyl (C=O) groups is 1. The van der Waals surface area contributed by atoms with Gasteiger partial charge in [0.1, 0.15) is 5.75 Å². The highest BCUT2D eigenvalue weighted by molar-refractivity contribution is 7.89. The number of H-pyrrole nitrogens is 2. The maximum absolute atomic E-state index is 13.0. The number of piperidine rings is 1. The third kappa shape index (κ3) is 5.37. The topological polar surface area (TPSA) is 141 Å². The van der Waals surface area contributed by atoms with Crippen LogP contribution in [0.2, 0.25) is 0 Å². The van der Waals surface area contributed by atoms with Gasteiger partial charge in [-0.3, -0.25) is 14.6 Å². The van der Waals surface area contributed by atoms with Gasteiger partial charge in [-0.25, -0.2) is 13.2 Å². The predicted octanol–water partition coefficient (Wildman–Crippen LogP) is 1.31. The molecule has 1 amide bonds. The van der Waals surface area contributed by atoms with Crippen molar-refractivity contribution in [2.45, 2.75) is 31.0 Å². The highest BCUT2D eigenvalue weighted by Crippen LogP contribution is 2.26. The van der Waals surface area contributed by atoms with Crippen molar-refractivity contribution in [3.63, 3.8) is 0 Å². The van der Waals surface area contributed by atoms with Crippen molar-refractivity contribution in [3.8, 4) is 5.75 Å². The quantitative estimate of drug-likeness (QED) is 0.594. The molecule has 14 heteroatoms. The molecule has 0 bridgehead atoms. The van der Waals surface area contributed by atoms with Gasteiger partial charge in [-0.15, -0.1) is 13.2 Å². The lowest BCUT2D eigenvalue weighted by atomic mass is 9.99. The number of benzene rings is 1. The molecule has 0 radical (unpaired) electrons. The molecule has 2 heterocycles. The summed E-state index contributed by atoms with van der Waals surface area (Å²) in [6.45, 7) is 1.15. The van der Waals surface area contributed by atoms with Gasteiger partial charge in [-0.05, 0) is 44.0 Å². The fourth-order valence-corrected chi connectivity index (χ4v) is 5.11. The average Bonchev–Trinajstić information content (AvgIpc) is 2.67. The zero-order valence-corrected chi connectivity index (χ0v) is 17.5. The van der Waals surface area contributed by atoms with Gasteiger partial charge in [0.15, 0.2) is 4.90 Å². The molecule has 1 unspecified atom stereocenters. The van der Waals surface area contributed by atoms with Gasteiger partial charge in [0.25, 0.3) is 5.56 Å². The summed E-state index contributed by atoms with van der Waals surface area (Å²) in [6.07, 6.45) is -4.13. The van der Waals surface area contributed by atoms with Crippen LogP contribution in [0.1, 0.15) is 18.5 Å². The van der Waals surface area contributed by atoms with Crippen molar-refractivity contribution in [1.29, 1.82) is 0 Å². The molecular weight excluding hydrogens is 457 g/mol. The van der Waals surface area contributed by atoms with Gasteiger partial charge >= 0.3 is 12.1 Å². The van der Waals surface area contributed by atoms with Gasteiger partial charge in [0.05, 0.1) is 5.92 Å². The summed E-state index contributed by atoms with van der Waals surface area (Å²) >= 11 is 0. The molecular formula is C18H19F3N4O6S. The second kappa shape index (κ2) is 8.78. The molecule has 1 aliphatic heterocycles. The van der Waals surface area contributed by atoms with E-state index in [-0.39, 0.29) is 24.5 Å². The third-order valence-corrected chi connectivity index (χ3v) is 6.80. The number of aromatic nitrogens is 2. The minimum Gasteiger partial charge on any atom is -0.406 e. The SMILES string of the molecule is Cc1[nH]c(=O)[nH]c(=O)c1S(=O)(=O)N1CCCC(C(=O)Nc2ccc(OC(F)(F)F)cc2)C1. The Bertz CT molecular complexity index is 1220. The Morgan fingerprint density at radius 1 is 1.19 bits per heavy atom. The lowest BCUT2D eigenvalue weighted by molar-refractivity contribution is -0.274. The zero-order chi connectivity index (χ0) is 23.7. The van der Waals surface area contributed by atoms with Crippen molar-refractivity contribution < 1.29 is 31.1 Å². The van der Waals surface area contributed by atoms with Crippen LogP contribution in [-0.4, -0.2) is 48.1 Å². The fourth-order valence-electron chi connectivity index (χ4n) is 3.39. The molecule has 3 rings (SSSR count). The van der Waals surface area contributed by atoms with Crippen LogP contribution in [0.15, 0.2) is 38.8 Å². The Hall–Kier alpha value is -3.13. The number of hydrogen-bond acceptors (Lipinski definition) is 6. The number of sulfonamides is 1. The van der Waals surface area contributed by atoms with E-state index < -0.39 is 50.1 Å². The van der Waals surface area contributed by atoms with Crippen molar-refractivity contribution in [2.75, 3.05) is 18.4 Å². The molecule has 32 heavy (non-hydrogen) atoms. The number of halogens is 3. The molecule has 1 aromatic carbocycles. The smallest absolute Gasteiger partial charge is 0.406 e. The van der Waals surface area contributed by atoms with E-state index in [0.29, 0.717) is 12.8 Å². The normalized spacial score (nSPS) is 17.7. The van der Waals surface area contributed by atoms with E-state index in [2.05, 4.69) is 15.0 Å². The predicted molar refractivity (Wildman–Crippen MR) is 106 cm³/mol. The summed E-state index contributed by atoms with van der Waals surface area (Å²) in [7, 11) is -4.29. The molecule has 1 fully saturated rings. The number of carbonyl (C=O) groups excluding carboxylic acids is 1. The molecule has 3 N–H and O–H groups in total. The minimum absolute atomic E-state index is 0.0770. The molecule has 0 saturated carbocycles. The number of rotatable bonds is 5. The first-order chi connectivity index (χ1) is 14.9. The van der Waals surface area contributed by atoms with Crippen molar-refractivity contribution >= 4 is 21.6 Å². The molecule has 0 aliphatic carbocycles. The van der Waals surface area contributed by atoms with Crippen molar-refractivity contribution in [3.05, 3.63) is 50.8 Å². The number of alkyl halides is 3. The summed E-state index contributed by atoms with van der Waals surface area (Å²) in [5.41, 5.74) is -1.81. The van der Waals surface area contributed by atoms with Crippen LogP contribution in [0.5, 0.6) is 5.75 Å². The van der Waals surface area contributed by atoms with Crippen molar-refractivity contribution in [2.24, 2.45) is 5.92 Å². The number of hydrogen-bond donors (Lipinski definition) is 3. The molecule has 1 aliphatic rings. The van der Waals surface area contributed by atoms with Crippen LogP contribution in [0.4, 0.5) is 18.9 Å². The Morgan fingerprint density at radius 2 is 1.84 bits per heavy atom. The van der Waals surface area contributed by atoms with Gasteiger partial charge in [-0.1, -0.05) is 0 Å². The van der Waals surface area contributed by atoms with E-state index in [1.807, 2.05) is 4.98 Å². The lowest BCUT2D eigenvalue weighted by Gasteiger charge is -2.31. The first-order valence-corrected chi connectivity index (χ1v) is 10.8. The number of aromatic amines is 2. The van der Waals surface area contributed by atoms with E-state index in [0.717, 1.165) is 16.4 Å². The average molecular weight is 476 g/mol. The number of ether oxygens (including phenoxy) is 1. The van der Waals surface area contributed by atoms with Crippen LogP contribution < -0.4 is 21.3 Å². The standard InChI is InChI=1S/C18H19F3N4O6S/c1-10-14(16(27)24-17(28)22-10)32(29,30)25-8-2-3-11(9-25)15(26)23-12-4-6-13(7-5-12)31-18(19,20)21/h4-7,11H,2-3,8-9H2,1H3,(H,23,26)(H2,22,24,27,28). The lowest BCUT2D eigenvalue weighted by Crippen LogP contribution is -2.45. The number of aryl methyl sites for hydroxylation is 1. The van der Waals surface area contributed by atoms with Crippen LogP contribution in [-0.2, 0) is 14.8 Å². The van der Waals surface area contributed by atoms with Gasteiger partial charge < -0.3 is 15.0 Å². The van der Waals surface area contributed by atoms with Crippen LogP contribution in [0, 0.1) is 12.8 Å². The minimum atomic E-state index is -4.84. The number of amides is 1. The molecule has 1 saturated heterocycles. The summed E-state index contributed by atoms with van der Waals surface area (Å²) in [4.78, 5) is 39.5. The highest BCUT2D eigenvalue weighted by Gasteiger charge is 2.36. The van der Waals surface area contributed by atoms with Crippen LogP contribution in [0.3, 0.4) is 0 Å². The van der Waals surface area contributed by atoms with Gasteiger partial charge in [-0.2, -0.15) is 4.31 Å². The summed E-state index contributed by atoms with van der Waals surface area (Å²) in [6, 6.07) is 4.51. The van der Waals surface area contributed by atoms with Gasteiger partial charge in [0.2, 0.25) is 15.9 Å². The number of nitrogens with one attached hydrogen (secondary N) is 3. The second-order valence-electron chi connectivity index (χ2n) is 7.13. The molecule has 10 nitrogen and oxygen atoms in total. The van der Waals surface area contributed by atoms with E-state index in [1.54, 1.807) is 0 Å². The third-order valence-electron chi connectivity index (χ3n) is 4.78.